The van der Waals surface area contributed by atoms with Crippen LogP contribution in [0.4, 0.5) is 10.1 Å². The maximum Gasteiger partial charge on any atom is 0.242 e. The third-order valence-electron chi connectivity index (χ3n) is 3.99. The zero-order valence-corrected chi connectivity index (χ0v) is 12.3. The Morgan fingerprint density at radius 1 is 1.18 bits per heavy atom. The highest BCUT2D eigenvalue weighted by atomic mass is 19.1. The Kier molecular flexibility index (Phi) is 4.37. The normalized spacial score (nSPS) is 16.5. The van der Waals surface area contributed by atoms with Crippen molar-refractivity contribution >= 4 is 11.6 Å². The predicted octanol–water partition coefficient (Wildman–Crippen LogP) is 2.91. The fourth-order valence-corrected chi connectivity index (χ4v) is 2.74. The molecule has 3 nitrogen and oxygen atoms in total. The number of amides is 1. The zero-order chi connectivity index (χ0) is 15.4. The lowest BCUT2D eigenvalue weighted by Gasteiger charge is -2.26. The van der Waals surface area contributed by atoms with E-state index in [2.05, 4.69) is 16.7 Å². The zero-order valence-electron chi connectivity index (χ0n) is 12.3. The first-order valence-electron chi connectivity index (χ1n) is 7.59. The average molecular weight is 298 g/mol. The van der Waals surface area contributed by atoms with Crippen LogP contribution in [0.3, 0.4) is 0 Å². The van der Waals surface area contributed by atoms with Gasteiger partial charge in [0.25, 0.3) is 0 Å². The highest BCUT2D eigenvalue weighted by Crippen LogP contribution is 2.24. The number of aryl methyl sites for hydroxylation is 1. The number of rotatable bonds is 4. The van der Waals surface area contributed by atoms with Gasteiger partial charge in [0.2, 0.25) is 5.91 Å². The van der Waals surface area contributed by atoms with E-state index in [-0.39, 0.29) is 17.8 Å². The molecule has 1 aliphatic rings. The lowest BCUT2D eigenvalue weighted by molar-refractivity contribution is -0.122. The van der Waals surface area contributed by atoms with Crippen LogP contribution >= 0.6 is 0 Å². The Bertz CT molecular complexity index is 654. The Labute approximate surface area is 129 Å². The van der Waals surface area contributed by atoms with Crippen LogP contribution < -0.4 is 10.6 Å². The molecule has 22 heavy (non-hydrogen) atoms. The Morgan fingerprint density at radius 3 is 2.77 bits per heavy atom. The van der Waals surface area contributed by atoms with Gasteiger partial charge >= 0.3 is 0 Å². The number of carbonyl (C=O) groups excluding carboxylic acids is 1. The molecule has 2 aromatic carbocycles. The molecule has 0 spiro atoms. The molecule has 3 rings (SSSR count). The molecule has 4 heteroatoms. The summed E-state index contributed by atoms with van der Waals surface area (Å²) in [5.74, 6) is -0.213. The van der Waals surface area contributed by atoms with Gasteiger partial charge < -0.3 is 10.6 Å². The monoisotopic (exact) mass is 298 g/mol. The smallest absolute Gasteiger partial charge is 0.242 e. The van der Waals surface area contributed by atoms with E-state index in [0.29, 0.717) is 13.0 Å². The van der Waals surface area contributed by atoms with E-state index in [1.807, 2.05) is 18.2 Å². The molecule has 0 radical (unpaired) electrons. The number of benzene rings is 2. The van der Waals surface area contributed by atoms with Gasteiger partial charge in [0, 0.05) is 12.2 Å². The van der Waals surface area contributed by atoms with Crippen LogP contribution in [0.1, 0.15) is 17.5 Å². The number of halogens is 1. The summed E-state index contributed by atoms with van der Waals surface area (Å²) in [7, 11) is 0. The lowest BCUT2D eigenvalue weighted by Crippen LogP contribution is -2.42. The molecular formula is C18H19FN2O. The Balaban J connectivity index is 1.50. The van der Waals surface area contributed by atoms with Crippen molar-refractivity contribution < 1.29 is 9.18 Å². The van der Waals surface area contributed by atoms with Gasteiger partial charge in [-0.15, -0.1) is 0 Å². The standard InChI is InChI=1S/C18H19FN2O/c19-15-8-5-13(6-9-15)11-12-20-18(22)17-10-7-14-3-1-2-4-16(14)21-17/h1-6,8-9,17,21H,7,10-12H2,(H,20,22). The molecule has 1 atom stereocenters. The van der Waals surface area contributed by atoms with E-state index in [9.17, 15) is 9.18 Å². The van der Waals surface area contributed by atoms with Crippen molar-refractivity contribution in [3.8, 4) is 0 Å². The molecule has 1 heterocycles. The van der Waals surface area contributed by atoms with Crippen LogP contribution in [0.15, 0.2) is 48.5 Å². The van der Waals surface area contributed by atoms with Gasteiger partial charge in [-0.3, -0.25) is 4.79 Å². The van der Waals surface area contributed by atoms with Gasteiger partial charge in [-0.2, -0.15) is 0 Å². The molecule has 0 aliphatic carbocycles. The molecule has 0 saturated heterocycles. The van der Waals surface area contributed by atoms with Crippen molar-refractivity contribution in [2.24, 2.45) is 0 Å². The third-order valence-corrected chi connectivity index (χ3v) is 3.99. The van der Waals surface area contributed by atoms with E-state index in [0.717, 1.165) is 24.1 Å². The van der Waals surface area contributed by atoms with E-state index in [4.69, 9.17) is 0 Å². The number of carbonyl (C=O) groups is 1. The van der Waals surface area contributed by atoms with Gasteiger partial charge in [0.05, 0.1) is 0 Å². The summed E-state index contributed by atoms with van der Waals surface area (Å²) < 4.78 is 12.8. The van der Waals surface area contributed by atoms with Crippen molar-refractivity contribution in [3.05, 3.63) is 65.5 Å². The van der Waals surface area contributed by atoms with Crippen molar-refractivity contribution in [2.75, 3.05) is 11.9 Å². The van der Waals surface area contributed by atoms with Gasteiger partial charge in [0.15, 0.2) is 0 Å². The fourth-order valence-electron chi connectivity index (χ4n) is 2.74. The molecule has 2 aromatic rings. The van der Waals surface area contributed by atoms with Gasteiger partial charge in [-0.1, -0.05) is 30.3 Å². The third kappa shape index (κ3) is 3.45. The highest BCUT2D eigenvalue weighted by molar-refractivity contribution is 5.85. The second-order valence-electron chi connectivity index (χ2n) is 5.56. The van der Waals surface area contributed by atoms with Crippen LogP contribution in [-0.4, -0.2) is 18.5 Å². The summed E-state index contributed by atoms with van der Waals surface area (Å²) in [6.07, 6.45) is 2.42. The highest BCUT2D eigenvalue weighted by Gasteiger charge is 2.23. The molecule has 0 fully saturated rings. The van der Waals surface area contributed by atoms with Crippen molar-refractivity contribution in [1.29, 1.82) is 0 Å². The maximum atomic E-state index is 12.8. The van der Waals surface area contributed by atoms with Gasteiger partial charge in [-0.05, 0) is 48.6 Å². The van der Waals surface area contributed by atoms with Crippen molar-refractivity contribution in [3.63, 3.8) is 0 Å². The van der Waals surface area contributed by atoms with Crippen molar-refractivity contribution in [2.45, 2.75) is 25.3 Å². The summed E-state index contributed by atoms with van der Waals surface area (Å²) in [6, 6.07) is 14.3. The maximum absolute atomic E-state index is 12.8. The quantitative estimate of drug-likeness (QED) is 0.911. The average Bonchev–Trinajstić information content (AvgIpc) is 2.56. The minimum Gasteiger partial charge on any atom is -0.373 e. The van der Waals surface area contributed by atoms with Crippen LogP contribution in [0, 0.1) is 5.82 Å². The Hall–Kier alpha value is -2.36. The second-order valence-corrected chi connectivity index (χ2v) is 5.56. The Morgan fingerprint density at radius 2 is 1.95 bits per heavy atom. The number of anilines is 1. The first kappa shape index (κ1) is 14.6. The molecule has 1 aliphatic heterocycles. The van der Waals surface area contributed by atoms with Gasteiger partial charge in [0.1, 0.15) is 11.9 Å². The topological polar surface area (TPSA) is 41.1 Å². The van der Waals surface area contributed by atoms with E-state index >= 15 is 0 Å². The van der Waals surface area contributed by atoms with E-state index in [1.165, 1.54) is 17.7 Å². The molecule has 1 amide bonds. The first-order chi connectivity index (χ1) is 10.7. The predicted molar refractivity (Wildman–Crippen MR) is 85.3 cm³/mol. The van der Waals surface area contributed by atoms with E-state index < -0.39 is 0 Å². The minimum absolute atomic E-state index is 0.0246. The fraction of sp³-hybridized carbons (Fsp3) is 0.278. The molecular weight excluding hydrogens is 279 g/mol. The first-order valence-corrected chi connectivity index (χ1v) is 7.59. The number of para-hydroxylation sites is 1. The largest absolute Gasteiger partial charge is 0.373 e. The second kappa shape index (κ2) is 6.60. The SMILES string of the molecule is O=C(NCCc1ccc(F)cc1)C1CCc2ccccc2N1. The molecule has 0 bridgehead atoms. The summed E-state index contributed by atoms with van der Waals surface area (Å²) in [4.78, 5) is 12.2. The van der Waals surface area contributed by atoms with Crippen LogP contribution in [0.2, 0.25) is 0 Å². The molecule has 1 unspecified atom stereocenters. The number of fused-ring (bicyclic) bond motifs is 1. The summed E-state index contributed by atoms with van der Waals surface area (Å²) in [5.41, 5.74) is 3.33. The van der Waals surface area contributed by atoms with Gasteiger partial charge in [-0.25, -0.2) is 4.39 Å². The van der Waals surface area contributed by atoms with Crippen LogP contribution in [-0.2, 0) is 17.6 Å². The number of hydrogen-bond donors (Lipinski definition) is 2. The lowest BCUT2D eigenvalue weighted by atomic mass is 9.97. The molecule has 114 valence electrons. The summed E-state index contributed by atoms with van der Waals surface area (Å²) in [5, 5.41) is 6.24. The van der Waals surface area contributed by atoms with Crippen LogP contribution in [0.5, 0.6) is 0 Å². The number of nitrogens with one attached hydrogen (secondary N) is 2. The molecule has 0 aromatic heterocycles. The summed E-state index contributed by atoms with van der Waals surface area (Å²) >= 11 is 0. The number of hydrogen-bond acceptors (Lipinski definition) is 2. The molecule has 2 N–H and O–H groups in total. The molecule has 0 saturated carbocycles. The van der Waals surface area contributed by atoms with Crippen LogP contribution in [0.25, 0.3) is 0 Å². The van der Waals surface area contributed by atoms with Crippen molar-refractivity contribution in [1.82, 2.24) is 5.32 Å². The van der Waals surface area contributed by atoms with E-state index in [1.54, 1.807) is 12.1 Å². The minimum atomic E-state index is -0.238. The summed E-state index contributed by atoms with van der Waals surface area (Å²) in [6.45, 7) is 0.560.